The zero-order valence-electron chi connectivity index (χ0n) is 11.1. The van der Waals surface area contributed by atoms with Crippen molar-refractivity contribution in [3.63, 3.8) is 0 Å². The summed E-state index contributed by atoms with van der Waals surface area (Å²) in [5.41, 5.74) is -0.666. The Morgan fingerprint density at radius 2 is 2.14 bits per heavy atom. The highest BCUT2D eigenvalue weighted by Gasteiger charge is 2.10. The second-order valence-electron chi connectivity index (χ2n) is 4.25. The molecule has 0 atom stereocenters. The topological polar surface area (TPSA) is 109 Å². The maximum Gasteiger partial charge on any atom is 0.342 e. The van der Waals surface area contributed by atoms with Gasteiger partial charge in [0.1, 0.15) is 23.7 Å². The van der Waals surface area contributed by atoms with E-state index in [1.165, 1.54) is 6.92 Å². The highest BCUT2D eigenvalue weighted by atomic mass is 16.5. The number of carbonyl (C=O) groups is 2. The fourth-order valence-corrected chi connectivity index (χ4v) is 1.61. The van der Waals surface area contributed by atoms with Crippen molar-refractivity contribution in [1.82, 2.24) is 9.97 Å². The lowest BCUT2D eigenvalue weighted by atomic mass is 10.1. The van der Waals surface area contributed by atoms with Crippen LogP contribution in [0.1, 0.15) is 33.5 Å². The van der Waals surface area contributed by atoms with Crippen LogP contribution in [0.2, 0.25) is 0 Å². The lowest BCUT2D eigenvalue weighted by molar-refractivity contribution is 0.0694. The van der Waals surface area contributed by atoms with E-state index in [9.17, 15) is 14.4 Å². The van der Waals surface area contributed by atoms with E-state index in [-0.39, 0.29) is 18.2 Å². The summed E-state index contributed by atoms with van der Waals surface area (Å²) in [7, 11) is 0. The van der Waals surface area contributed by atoms with Crippen molar-refractivity contribution < 1.29 is 19.4 Å². The largest absolute Gasteiger partial charge is 0.486 e. The van der Waals surface area contributed by atoms with Gasteiger partial charge in [0, 0.05) is 11.8 Å². The van der Waals surface area contributed by atoms with E-state index in [1.807, 2.05) is 0 Å². The van der Waals surface area contributed by atoms with Crippen molar-refractivity contribution in [2.24, 2.45) is 0 Å². The van der Waals surface area contributed by atoms with E-state index in [4.69, 9.17) is 9.84 Å². The number of carbonyl (C=O) groups excluding carboxylic acids is 1. The van der Waals surface area contributed by atoms with Gasteiger partial charge in [-0.25, -0.2) is 9.78 Å². The van der Waals surface area contributed by atoms with Crippen LogP contribution in [0.3, 0.4) is 0 Å². The minimum absolute atomic E-state index is 0.0451. The van der Waals surface area contributed by atoms with Crippen LogP contribution in [-0.4, -0.2) is 26.8 Å². The minimum Gasteiger partial charge on any atom is -0.486 e. The molecule has 2 N–H and O–H groups in total. The summed E-state index contributed by atoms with van der Waals surface area (Å²) >= 11 is 0. The standard InChI is InChI=1S/C14H12N2O5/c1-8(17)9-3-2-4-10(5-9)21-7-12-15-6-11(14(19)20)13(18)16-12/h2-6H,7H2,1H3,(H,19,20)(H,15,16,18). The second kappa shape index (κ2) is 6.00. The van der Waals surface area contributed by atoms with Crippen LogP contribution < -0.4 is 10.3 Å². The number of ether oxygens (including phenoxy) is 1. The molecule has 1 aromatic carbocycles. The number of nitrogens with zero attached hydrogens (tertiary/aromatic N) is 1. The molecular formula is C14H12N2O5. The van der Waals surface area contributed by atoms with Gasteiger partial charge in [0.05, 0.1) is 0 Å². The molecule has 0 unspecified atom stereocenters. The lowest BCUT2D eigenvalue weighted by Crippen LogP contribution is -2.20. The quantitative estimate of drug-likeness (QED) is 0.801. The summed E-state index contributed by atoms with van der Waals surface area (Å²) < 4.78 is 5.41. The number of ketones is 1. The number of nitrogens with one attached hydrogen (secondary N) is 1. The fourth-order valence-electron chi connectivity index (χ4n) is 1.61. The lowest BCUT2D eigenvalue weighted by Gasteiger charge is -2.06. The monoisotopic (exact) mass is 288 g/mol. The molecule has 0 spiro atoms. The number of Topliss-reactive ketones (excluding diaryl/α,β-unsaturated/α-hetero) is 1. The molecule has 0 saturated carbocycles. The fraction of sp³-hybridized carbons (Fsp3) is 0.143. The van der Waals surface area contributed by atoms with Gasteiger partial charge < -0.3 is 14.8 Å². The number of hydrogen-bond donors (Lipinski definition) is 2. The van der Waals surface area contributed by atoms with E-state index in [2.05, 4.69) is 9.97 Å². The summed E-state index contributed by atoms with van der Waals surface area (Å²) in [6.45, 7) is 1.40. The van der Waals surface area contributed by atoms with Crippen LogP contribution in [-0.2, 0) is 6.61 Å². The Hall–Kier alpha value is -2.96. The van der Waals surface area contributed by atoms with Crippen molar-refractivity contribution >= 4 is 11.8 Å². The summed E-state index contributed by atoms with van der Waals surface area (Å²) in [5, 5.41) is 8.72. The Balaban J connectivity index is 2.11. The Labute approximate surface area is 119 Å². The first-order chi connectivity index (χ1) is 9.97. The average molecular weight is 288 g/mol. The molecule has 7 heteroatoms. The van der Waals surface area contributed by atoms with Crippen LogP contribution in [0.25, 0.3) is 0 Å². The molecule has 108 valence electrons. The molecular weight excluding hydrogens is 276 g/mol. The Morgan fingerprint density at radius 3 is 2.76 bits per heavy atom. The highest BCUT2D eigenvalue weighted by molar-refractivity contribution is 5.94. The number of carboxylic acid groups (broad SMARTS) is 1. The number of aromatic amines is 1. The molecule has 1 heterocycles. The number of carboxylic acids is 1. The van der Waals surface area contributed by atoms with Gasteiger partial charge >= 0.3 is 5.97 Å². The second-order valence-corrected chi connectivity index (χ2v) is 4.25. The Morgan fingerprint density at radius 1 is 1.38 bits per heavy atom. The van der Waals surface area contributed by atoms with Gasteiger partial charge in [-0.1, -0.05) is 12.1 Å². The van der Waals surface area contributed by atoms with Gasteiger partial charge in [-0.15, -0.1) is 0 Å². The van der Waals surface area contributed by atoms with Crippen molar-refractivity contribution in [2.45, 2.75) is 13.5 Å². The normalized spacial score (nSPS) is 10.1. The summed E-state index contributed by atoms with van der Waals surface area (Å²) in [4.78, 5) is 39.5. The zero-order valence-corrected chi connectivity index (χ0v) is 11.1. The molecule has 7 nitrogen and oxygen atoms in total. The van der Waals surface area contributed by atoms with Crippen LogP contribution in [0, 0.1) is 0 Å². The summed E-state index contributed by atoms with van der Waals surface area (Å²) in [5.74, 6) is -0.783. The molecule has 0 amide bonds. The Kier molecular flexibility index (Phi) is 4.13. The third-order valence-electron chi connectivity index (χ3n) is 2.70. The SMILES string of the molecule is CC(=O)c1cccc(OCc2ncc(C(=O)O)c(=O)[nH]2)c1. The Bertz CT molecular complexity index is 751. The number of rotatable bonds is 5. The van der Waals surface area contributed by atoms with Gasteiger partial charge in [0.15, 0.2) is 5.78 Å². The third-order valence-corrected chi connectivity index (χ3v) is 2.70. The molecule has 0 bridgehead atoms. The molecule has 0 aliphatic carbocycles. The summed E-state index contributed by atoms with van der Waals surface area (Å²) in [6.07, 6.45) is 0.978. The van der Waals surface area contributed by atoms with E-state index < -0.39 is 17.1 Å². The van der Waals surface area contributed by atoms with Gasteiger partial charge in [0.25, 0.3) is 5.56 Å². The average Bonchev–Trinajstić information content (AvgIpc) is 2.45. The maximum atomic E-state index is 11.5. The molecule has 2 aromatic rings. The van der Waals surface area contributed by atoms with Crippen molar-refractivity contribution in [3.05, 3.63) is 57.8 Å². The van der Waals surface area contributed by atoms with Gasteiger partial charge in [-0.3, -0.25) is 9.59 Å². The van der Waals surface area contributed by atoms with Crippen molar-refractivity contribution in [3.8, 4) is 5.75 Å². The molecule has 2 rings (SSSR count). The smallest absolute Gasteiger partial charge is 0.342 e. The molecule has 1 aromatic heterocycles. The number of aromatic nitrogens is 2. The van der Waals surface area contributed by atoms with E-state index in [0.29, 0.717) is 11.3 Å². The van der Waals surface area contributed by atoms with Gasteiger partial charge in [0.2, 0.25) is 0 Å². The first-order valence-corrected chi connectivity index (χ1v) is 6.02. The van der Waals surface area contributed by atoms with Gasteiger partial charge in [-0.2, -0.15) is 0 Å². The number of benzene rings is 1. The first kappa shape index (κ1) is 14.4. The molecule has 0 fully saturated rings. The predicted octanol–water partition coefficient (Wildman–Crippen LogP) is 1.25. The molecule has 21 heavy (non-hydrogen) atoms. The number of hydrogen-bond acceptors (Lipinski definition) is 5. The van der Waals surface area contributed by atoms with Crippen LogP contribution >= 0.6 is 0 Å². The number of H-pyrrole nitrogens is 1. The maximum absolute atomic E-state index is 11.5. The third kappa shape index (κ3) is 3.53. The van der Waals surface area contributed by atoms with E-state index in [1.54, 1.807) is 24.3 Å². The minimum atomic E-state index is -1.34. The van der Waals surface area contributed by atoms with Crippen LogP contribution in [0.5, 0.6) is 5.75 Å². The predicted molar refractivity (Wildman–Crippen MR) is 72.6 cm³/mol. The van der Waals surface area contributed by atoms with Gasteiger partial charge in [-0.05, 0) is 19.1 Å². The number of aromatic carboxylic acids is 1. The first-order valence-electron chi connectivity index (χ1n) is 6.02. The van der Waals surface area contributed by atoms with Crippen molar-refractivity contribution in [1.29, 1.82) is 0 Å². The molecule has 0 aliphatic rings. The molecule has 0 radical (unpaired) electrons. The van der Waals surface area contributed by atoms with Crippen LogP contribution in [0.4, 0.5) is 0 Å². The zero-order chi connectivity index (χ0) is 15.4. The highest BCUT2D eigenvalue weighted by Crippen LogP contribution is 2.14. The molecule has 0 aliphatic heterocycles. The van der Waals surface area contributed by atoms with E-state index in [0.717, 1.165) is 6.20 Å². The van der Waals surface area contributed by atoms with E-state index >= 15 is 0 Å². The van der Waals surface area contributed by atoms with Crippen molar-refractivity contribution in [2.75, 3.05) is 0 Å². The van der Waals surface area contributed by atoms with Crippen LogP contribution in [0.15, 0.2) is 35.3 Å². The summed E-state index contributed by atoms with van der Waals surface area (Å²) in [6, 6.07) is 6.58. The molecule has 0 saturated heterocycles.